The number of carbonyl (C=O) groups excluding carboxylic acids is 2. The summed E-state index contributed by atoms with van der Waals surface area (Å²) >= 11 is 0. The maximum atomic E-state index is 13.2. The first kappa shape index (κ1) is 30.8. The maximum Gasteiger partial charge on any atom is 0.241 e. The second-order valence-corrected chi connectivity index (χ2v) is 11.5. The van der Waals surface area contributed by atoms with Gasteiger partial charge in [-0.25, -0.2) is 0 Å². The Morgan fingerprint density at radius 1 is 0.795 bits per heavy atom. The minimum absolute atomic E-state index is 0.0137. The Bertz CT molecular complexity index is 1040. The number of para-hydroxylation sites is 2. The van der Waals surface area contributed by atoms with Gasteiger partial charge in [-0.1, -0.05) is 68.5 Å². The van der Waals surface area contributed by atoms with Crippen molar-refractivity contribution in [2.45, 2.75) is 91.5 Å². The van der Waals surface area contributed by atoms with E-state index in [0.29, 0.717) is 6.54 Å². The summed E-state index contributed by atoms with van der Waals surface area (Å²) in [4.78, 5) is 30.1. The molecule has 2 N–H and O–H groups in total. The van der Waals surface area contributed by atoms with Crippen molar-refractivity contribution in [1.82, 2.24) is 9.80 Å². The highest BCUT2D eigenvalue weighted by atomic mass is 16.2. The summed E-state index contributed by atoms with van der Waals surface area (Å²) in [5.41, 5.74) is 6.36. The van der Waals surface area contributed by atoms with E-state index in [9.17, 15) is 9.59 Å². The lowest BCUT2D eigenvalue weighted by atomic mass is 10.00. The molecule has 2 aromatic rings. The maximum absolute atomic E-state index is 13.2. The van der Waals surface area contributed by atoms with Gasteiger partial charge in [0.25, 0.3) is 0 Å². The normalized spacial score (nSPS) is 15.9. The van der Waals surface area contributed by atoms with Gasteiger partial charge in [0.1, 0.15) is 0 Å². The molecule has 6 heteroatoms. The molecule has 0 radical (unpaired) electrons. The van der Waals surface area contributed by atoms with Crippen LogP contribution in [-0.2, 0) is 9.59 Å². The van der Waals surface area contributed by atoms with E-state index in [1.165, 1.54) is 32.1 Å². The van der Waals surface area contributed by atoms with Crippen molar-refractivity contribution in [1.29, 1.82) is 0 Å². The molecule has 1 aliphatic rings. The third-order valence-corrected chi connectivity index (χ3v) is 8.04. The largest absolute Gasteiger partial charge is 0.324 e. The molecule has 0 aromatic heterocycles. The molecule has 2 aromatic carbocycles. The zero-order valence-corrected chi connectivity index (χ0v) is 24.9. The van der Waals surface area contributed by atoms with Crippen molar-refractivity contribution in [2.24, 2.45) is 0 Å². The molecule has 1 heterocycles. The van der Waals surface area contributed by atoms with E-state index in [4.69, 9.17) is 0 Å². The number of likely N-dealkylation sites (tertiary alicyclic amines) is 1. The fourth-order valence-corrected chi connectivity index (χ4v) is 5.69. The third-order valence-electron chi connectivity index (χ3n) is 8.04. The van der Waals surface area contributed by atoms with Gasteiger partial charge >= 0.3 is 0 Å². The molecule has 0 aliphatic carbocycles. The van der Waals surface area contributed by atoms with E-state index in [2.05, 4.69) is 46.4 Å². The molecule has 0 bridgehead atoms. The molecule has 1 atom stereocenters. The van der Waals surface area contributed by atoms with Crippen LogP contribution in [0.4, 0.5) is 11.4 Å². The lowest BCUT2D eigenvalue weighted by Crippen LogP contribution is -2.47. The number of benzene rings is 2. The Kier molecular flexibility index (Phi) is 12.5. The summed E-state index contributed by atoms with van der Waals surface area (Å²) in [6.45, 7) is 11.6. The number of carbonyl (C=O) groups is 2. The van der Waals surface area contributed by atoms with Crippen LogP contribution in [0.1, 0.15) is 80.0 Å². The van der Waals surface area contributed by atoms with E-state index in [-0.39, 0.29) is 17.9 Å². The highest BCUT2D eigenvalue weighted by Crippen LogP contribution is 2.24. The van der Waals surface area contributed by atoms with Gasteiger partial charge in [-0.15, -0.1) is 0 Å². The van der Waals surface area contributed by atoms with Crippen LogP contribution >= 0.6 is 0 Å². The first-order valence-electron chi connectivity index (χ1n) is 14.9. The van der Waals surface area contributed by atoms with Crippen LogP contribution in [0.2, 0.25) is 0 Å². The van der Waals surface area contributed by atoms with Gasteiger partial charge in [-0.3, -0.25) is 19.4 Å². The van der Waals surface area contributed by atoms with Crippen LogP contribution in [0.3, 0.4) is 0 Å². The van der Waals surface area contributed by atoms with Crippen LogP contribution in [0.5, 0.6) is 0 Å². The first-order valence-corrected chi connectivity index (χ1v) is 14.9. The van der Waals surface area contributed by atoms with E-state index in [1.54, 1.807) is 0 Å². The van der Waals surface area contributed by atoms with Crippen LogP contribution in [0.15, 0.2) is 36.4 Å². The highest BCUT2D eigenvalue weighted by molar-refractivity contribution is 5.96. The van der Waals surface area contributed by atoms with Crippen molar-refractivity contribution in [2.75, 3.05) is 43.9 Å². The molecular weight excluding hydrogens is 484 g/mol. The topological polar surface area (TPSA) is 64.7 Å². The Labute approximate surface area is 236 Å². The first-order chi connectivity index (χ1) is 18.8. The van der Waals surface area contributed by atoms with Crippen LogP contribution in [-0.4, -0.2) is 60.9 Å². The van der Waals surface area contributed by atoms with E-state index >= 15 is 0 Å². The predicted octanol–water partition coefficient (Wildman–Crippen LogP) is 6.62. The van der Waals surface area contributed by atoms with Gasteiger partial charge in [-0.05, 0) is 102 Å². The third kappa shape index (κ3) is 9.77. The van der Waals surface area contributed by atoms with E-state index < -0.39 is 0 Å². The van der Waals surface area contributed by atoms with Gasteiger partial charge < -0.3 is 10.6 Å². The number of unbranched alkanes of at least 4 members (excludes halogenated alkanes) is 5. The van der Waals surface area contributed by atoms with Crippen LogP contribution < -0.4 is 10.6 Å². The summed E-state index contributed by atoms with van der Waals surface area (Å²) in [7, 11) is 2.02. The molecular formula is C33H50N4O2. The number of anilines is 2. The minimum Gasteiger partial charge on any atom is -0.324 e. The lowest BCUT2D eigenvalue weighted by molar-refractivity contribution is -0.122. The fraction of sp³-hybridized carbons (Fsp3) is 0.576. The van der Waals surface area contributed by atoms with Gasteiger partial charge in [0.2, 0.25) is 11.8 Å². The van der Waals surface area contributed by atoms with E-state index in [0.717, 1.165) is 78.9 Å². The smallest absolute Gasteiger partial charge is 0.241 e. The summed E-state index contributed by atoms with van der Waals surface area (Å²) in [6.07, 6.45) is 10.4. The van der Waals surface area contributed by atoms with Crippen molar-refractivity contribution < 1.29 is 9.59 Å². The SMILES string of the molecule is Cc1cccc(C)c1NC(=O)CN(C)CCCCCCCCN1CCCC[C@H]1C(=O)Nc1c(C)cccc1C. The zero-order valence-electron chi connectivity index (χ0n) is 24.9. The summed E-state index contributed by atoms with van der Waals surface area (Å²) in [6, 6.07) is 12.2. The van der Waals surface area contributed by atoms with Crippen LogP contribution in [0, 0.1) is 27.7 Å². The second-order valence-electron chi connectivity index (χ2n) is 11.5. The van der Waals surface area contributed by atoms with Crippen molar-refractivity contribution in [3.8, 4) is 0 Å². The summed E-state index contributed by atoms with van der Waals surface area (Å²) in [5, 5.41) is 6.31. The van der Waals surface area contributed by atoms with Crippen molar-refractivity contribution in [3.63, 3.8) is 0 Å². The second kappa shape index (κ2) is 15.8. The highest BCUT2D eigenvalue weighted by Gasteiger charge is 2.28. The Hall–Kier alpha value is -2.70. The molecule has 0 spiro atoms. The molecule has 39 heavy (non-hydrogen) atoms. The predicted molar refractivity (Wildman–Crippen MR) is 164 cm³/mol. The number of hydrogen-bond acceptors (Lipinski definition) is 4. The van der Waals surface area contributed by atoms with Gasteiger partial charge in [0.05, 0.1) is 12.6 Å². The molecule has 1 fully saturated rings. The molecule has 0 saturated carbocycles. The number of aryl methyl sites for hydroxylation is 4. The molecule has 6 nitrogen and oxygen atoms in total. The Morgan fingerprint density at radius 3 is 1.95 bits per heavy atom. The fourth-order valence-electron chi connectivity index (χ4n) is 5.69. The molecule has 2 amide bonds. The minimum atomic E-state index is -0.0137. The summed E-state index contributed by atoms with van der Waals surface area (Å²) < 4.78 is 0. The number of hydrogen-bond donors (Lipinski definition) is 2. The number of amides is 2. The molecule has 3 rings (SSSR count). The van der Waals surface area contributed by atoms with Gasteiger partial charge in [0, 0.05) is 11.4 Å². The van der Waals surface area contributed by atoms with Crippen molar-refractivity contribution >= 4 is 23.2 Å². The monoisotopic (exact) mass is 534 g/mol. The Balaban J connectivity index is 1.28. The Morgan fingerprint density at radius 2 is 1.33 bits per heavy atom. The molecule has 0 unspecified atom stereocenters. The van der Waals surface area contributed by atoms with Gasteiger partial charge in [-0.2, -0.15) is 0 Å². The average Bonchev–Trinajstić information content (AvgIpc) is 2.90. The summed E-state index contributed by atoms with van der Waals surface area (Å²) in [5.74, 6) is 0.201. The molecule has 1 aliphatic heterocycles. The molecule has 1 saturated heterocycles. The quantitative estimate of drug-likeness (QED) is 0.267. The molecule has 214 valence electrons. The average molecular weight is 535 g/mol. The zero-order chi connectivity index (χ0) is 28.2. The standard InChI is InChI=1S/C33H50N4O2/c1-25-16-14-17-26(2)31(25)34-30(38)24-36(5)21-11-8-6-7-9-12-22-37-23-13-10-20-29(37)33(39)35-32-27(3)18-15-19-28(32)4/h14-19,29H,6-13,20-24H2,1-5H3,(H,34,38)(H,35,39)/t29-/m0/s1. The number of piperidine rings is 1. The van der Waals surface area contributed by atoms with Gasteiger partial charge in [0.15, 0.2) is 0 Å². The number of nitrogens with zero attached hydrogens (tertiary/aromatic N) is 2. The number of rotatable bonds is 14. The number of likely N-dealkylation sites (N-methyl/N-ethyl adjacent to an activating group) is 1. The van der Waals surface area contributed by atoms with Crippen LogP contribution in [0.25, 0.3) is 0 Å². The van der Waals surface area contributed by atoms with E-state index in [1.807, 2.05) is 45.2 Å². The lowest BCUT2D eigenvalue weighted by Gasteiger charge is -2.35. The van der Waals surface area contributed by atoms with Crippen molar-refractivity contribution in [3.05, 3.63) is 58.7 Å². The number of nitrogens with one attached hydrogen (secondary N) is 2.